The van der Waals surface area contributed by atoms with Gasteiger partial charge in [0.2, 0.25) is 0 Å². The molecule has 0 unspecified atom stereocenters. The van der Waals surface area contributed by atoms with Gasteiger partial charge in [-0.2, -0.15) is 13.2 Å². The van der Waals surface area contributed by atoms with Crippen LogP contribution >= 0.6 is 23.4 Å². The van der Waals surface area contributed by atoms with E-state index in [4.69, 9.17) is 11.6 Å². The van der Waals surface area contributed by atoms with Gasteiger partial charge in [-0.3, -0.25) is 0 Å². The lowest BCUT2D eigenvalue weighted by molar-refractivity contribution is -0.137. The standard InChI is InChI=1S/C17H10ClF5N4S/c1-28-12-6-11(10-7-24-16(14(19)20)27-13(10)18)25-15(26-12)8-2-4-9(5-3-8)17(21,22)23/h2-7,14H,1H3. The topological polar surface area (TPSA) is 51.6 Å². The second-order valence-electron chi connectivity index (χ2n) is 5.43. The summed E-state index contributed by atoms with van der Waals surface area (Å²) in [7, 11) is 0. The summed E-state index contributed by atoms with van der Waals surface area (Å²) in [6.07, 6.45) is -4.45. The van der Waals surface area contributed by atoms with E-state index >= 15 is 0 Å². The fourth-order valence-electron chi connectivity index (χ4n) is 2.26. The molecule has 1 aromatic carbocycles. The zero-order valence-electron chi connectivity index (χ0n) is 14.0. The lowest BCUT2D eigenvalue weighted by Crippen LogP contribution is -2.04. The maximum absolute atomic E-state index is 12.7. The molecular formula is C17H10ClF5N4S. The maximum atomic E-state index is 12.7. The number of rotatable bonds is 4. The van der Waals surface area contributed by atoms with E-state index in [0.29, 0.717) is 10.6 Å². The number of thioether (sulfide) groups is 1. The molecule has 146 valence electrons. The van der Waals surface area contributed by atoms with E-state index in [-0.39, 0.29) is 22.2 Å². The lowest BCUT2D eigenvalue weighted by atomic mass is 10.1. The predicted molar refractivity (Wildman–Crippen MR) is 95.2 cm³/mol. The van der Waals surface area contributed by atoms with Gasteiger partial charge in [0.15, 0.2) is 11.6 Å². The normalized spacial score (nSPS) is 11.9. The summed E-state index contributed by atoms with van der Waals surface area (Å²) in [6.45, 7) is 0. The average Bonchev–Trinajstić information content (AvgIpc) is 2.66. The molecular weight excluding hydrogens is 423 g/mol. The van der Waals surface area contributed by atoms with Crippen LogP contribution in [0.1, 0.15) is 17.8 Å². The van der Waals surface area contributed by atoms with E-state index in [1.807, 2.05) is 0 Å². The highest BCUT2D eigenvalue weighted by atomic mass is 35.5. The van der Waals surface area contributed by atoms with Crippen molar-refractivity contribution in [1.82, 2.24) is 19.9 Å². The van der Waals surface area contributed by atoms with Gasteiger partial charge in [0, 0.05) is 11.8 Å². The fourth-order valence-corrected chi connectivity index (χ4v) is 2.89. The van der Waals surface area contributed by atoms with E-state index in [1.165, 1.54) is 23.9 Å². The maximum Gasteiger partial charge on any atom is 0.416 e. The highest BCUT2D eigenvalue weighted by molar-refractivity contribution is 7.98. The SMILES string of the molecule is CSc1cc(-c2cnc(C(F)F)nc2Cl)nc(-c2ccc(C(F)(F)F)cc2)n1. The van der Waals surface area contributed by atoms with Crippen molar-refractivity contribution in [1.29, 1.82) is 0 Å². The van der Waals surface area contributed by atoms with Crippen LogP contribution in [-0.2, 0) is 6.18 Å². The molecule has 0 spiro atoms. The minimum atomic E-state index is -4.46. The Kier molecular flexibility index (Phi) is 5.80. The summed E-state index contributed by atoms with van der Waals surface area (Å²) in [5, 5.41) is 0.295. The molecule has 0 atom stereocenters. The number of aromatic nitrogens is 4. The van der Waals surface area contributed by atoms with Gasteiger partial charge in [0.05, 0.1) is 16.8 Å². The molecule has 28 heavy (non-hydrogen) atoms. The first-order valence-electron chi connectivity index (χ1n) is 7.60. The minimum absolute atomic E-state index is 0.157. The van der Waals surface area contributed by atoms with Crippen molar-refractivity contribution < 1.29 is 22.0 Å². The van der Waals surface area contributed by atoms with E-state index < -0.39 is 24.0 Å². The third kappa shape index (κ3) is 4.39. The Morgan fingerprint density at radius 2 is 1.71 bits per heavy atom. The van der Waals surface area contributed by atoms with E-state index in [9.17, 15) is 22.0 Å². The highest BCUT2D eigenvalue weighted by Crippen LogP contribution is 2.32. The van der Waals surface area contributed by atoms with E-state index in [1.54, 1.807) is 12.3 Å². The summed E-state index contributed by atoms with van der Waals surface area (Å²) in [6, 6.07) is 5.92. The summed E-state index contributed by atoms with van der Waals surface area (Å²) in [5.74, 6) is -0.555. The molecule has 0 radical (unpaired) electrons. The van der Waals surface area contributed by atoms with Crippen LogP contribution in [0, 0.1) is 0 Å². The number of hydrogen-bond donors (Lipinski definition) is 0. The second-order valence-corrected chi connectivity index (χ2v) is 6.61. The van der Waals surface area contributed by atoms with Gasteiger partial charge in [-0.1, -0.05) is 23.7 Å². The monoisotopic (exact) mass is 432 g/mol. The third-order valence-electron chi connectivity index (χ3n) is 3.61. The Hall–Kier alpha value is -2.33. The summed E-state index contributed by atoms with van der Waals surface area (Å²) >= 11 is 7.27. The fraction of sp³-hybridized carbons (Fsp3) is 0.176. The molecule has 0 aliphatic carbocycles. The van der Waals surface area contributed by atoms with Crippen LogP contribution in [0.2, 0.25) is 5.15 Å². The number of alkyl halides is 5. The Morgan fingerprint density at radius 1 is 1.04 bits per heavy atom. The quantitative estimate of drug-likeness (QED) is 0.290. The van der Waals surface area contributed by atoms with E-state index in [0.717, 1.165) is 18.3 Å². The Bertz CT molecular complexity index is 996. The first-order valence-corrected chi connectivity index (χ1v) is 9.21. The van der Waals surface area contributed by atoms with Gasteiger partial charge >= 0.3 is 6.18 Å². The van der Waals surface area contributed by atoms with E-state index in [2.05, 4.69) is 19.9 Å². The second kappa shape index (κ2) is 7.96. The molecule has 2 aromatic heterocycles. The zero-order chi connectivity index (χ0) is 20.5. The molecule has 0 bridgehead atoms. The van der Waals surface area contributed by atoms with Crippen molar-refractivity contribution in [3.05, 3.63) is 53.1 Å². The molecule has 0 saturated carbocycles. The van der Waals surface area contributed by atoms with Gasteiger partial charge < -0.3 is 0 Å². The van der Waals surface area contributed by atoms with Crippen molar-refractivity contribution in [2.75, 3.05) is 6.26 Å². The van der Waals surface area contributed by atoms with Gasteiger partial charge in [-0.15, -0.1) is 11.8 Å². The number of halogens is 6. The summed E-state index contributed by atoms with van der Waals surface area (Å²) < 4.78 is 63.6. The van der Waals surface area contributed by atoms with Gasteiger partial charge in [0.25, 0.3) is 6.43 Å². The van der Waals surface area contributed by atoms with Crippen LogP contribution in [0.5, 0.6) is 0 Å². The molecule has 3 aromatic rings. The molecule has 0 amide bonds. The smallest absolute Gasteiger partial charge is 0.235 e. The first-order chi connectivity index (χ1) is 13.2. The van der Waals surface area contributed by atoms with Crippen molar-refractivity contribution in [2.45, 2.75) is 17.6 Å². The predicted octanol–water partition coefficient (Wildman–Crippen LogP) is 5.93. The largest absolute Gasteiger partial charge is 0.416 e. The van der Waals surface area contributed by atoms with Crippen LogP contribution in [0.4, 0.5) is 22.0 Å². The highest BCUT2D eigenvalue weighted by Gasteiger charge is 2.30. The van der Waals surface area contributed by atoms with Crippen LogP contribution in [0.3, 0.4) is 0 Å². The Balaban J connectivity index is 2.06. The Labute approximate surface area is 165 Å². The molecule has 0 saturated heterocycles. The van der Waals surface area contributed by atoms with Crippen molar-refractivity contribution in [3.8, 4) is 22.6 Å². The average molecular weight is 433 g/mol. The van der Waals surface area contributed by atoms with Crippen molar-refractivity contribution >= 4 is 23.4 Å². The minimum Gasteiger partial charge on any atom is -0.235 e. The summed E-state index contributed by atoms with van der Waals surface area (Å²) in [5.41, 5.74) is 0.0277. The van der Waals surface area contributed by atoms with Crippen LogP contribution < -0.4 is 0 Å². The lowest BCUT2D eigenvalue weighted by Gasteiger charge is -2.10. The molecule has 0 aliphatic rings. The molecule has 2 heterocycles. The Morgan fingerprint density at radius 3 is 2.25 bits per heavy atom. The summed E-state index contributed by atoms with van der Waals surface area (Å²) in [4.78, 5) is 15.7. The van der Waals surface area contributed by atoms with Crippen LogP contribution in [-0.4, -0.2) is 26.2 Å². The van der Waals surface area contributed by atoms with Crippen molar-refractivity contribution in [2.24, 2.45) is 0 Å². The van der Waals surface area contributed by atoms with Crippen LogP contribution in [0.25, 0.3) is 22.6 Å². The molecule has 3 rings (SSSR count). The third-order valence-corrected chi connectivity index (χ3v) is 4.53. The number of nitrogens with zero attached hydrogens (tertiary/aromatic N) is 4. The number of hydrogen-bond acceptors (Lipinski definition) is 5. The molecule has 0 fully saturated rings. The van der Waals surface area contributed by atoms with Crippen LogP contribution in [0.15, 0.2) is 41.6 Å². The van der Waals surface area contributed by atoms with Gasteiger partial charge in [-0.05, 0) is 24.5 Å². The zero-order valence-corrected chi connectivity index (χ0v) is 15.6. The van der Waals surface area contributed by atoms with Gasteiger partial charge in [0.1, 0.15) is 10.2 Å². The molecule has 4 nitrogen and oxygen atoms in total. The first kappa shape index (κ1) is 20.4. The number of benzene rings is 1. The molecule has 11 heteroatoms. The molecule has 0 N–H and O–H groups in total. The molecule has 0 aliphatic heterocycles. The van der Waals surface area contributed by atoms with Gasteiger partial charge in [-0.25, -0.2) is 28.7 Å². The van der Waals surface area contributed by atoms with Crippen molar-refractivity contribution in [3.63, 3.8) is 0 Å².